The Balaban J connectivity index is 0.000000162. The number of nitrogens with zero attached hydrogens (tertiary/aromatic N) is 4. The SMILES string of the molecule is C.Cc1c(CO)cc(C)c2c1ccn2C.Cc1cc(C)c2c(ccn2C)c1C.Cc1cc(C)c2c(ccn2C)c1C.Cc1cc(C)c2c(ccn2C)c1C=O. The van der Waals surface area contributed by atoms with Gasteiger partial charge in [0.1, 0.15) is 0 Å². The molecule has 0 atom stereocenters. The number of aldehydes is 1. The zero-order chi connectivity index (χ0) is 39.8. The van der Waals surface area contributed by atoms with Crippen LogP contribution in [-0.2, 0) is 34.8 Å². The van der Waals surface area contributed by atoms with Gasteiger partial charge < -0.3 is 23.4 Å². The molecule has 0 saturated carbocycles. The molecule has 0 fully saturated rings. The standard InChI is InChI=1S/C12H15NO.C12H13NO.2C12H15N.CH4/c1-8-6-10(7-14)9(2)11-4-5-13(3)12(8)11;1-8-6-9(2)12-10(11(8)7-14)4-5-13(12)3;2*1-8-7-9(2)12-11(10(8)3)5-6-13(12)4;/h4-6,14H,7H2,1-3H3;4-7H,1-3H3;2*5-7H,1-4H3;1H4. The monoisotopic (exact) mass is 738 g/mol. The van der Waals surface area contributed by atoms with E-state index >= 15 is 0 Å². The molecular weight excluding hydrogens is 677 g/mol. The van der Waals surface area contributed by atoms with E-state index in [4.69, 9.17) is 0 Å². The number of carbonyl (C=O) groups excluding carboxylic acids is 1. The first-order valence-corrected chi connectivity index (χ1v) is 18.7. The first-order chi connectivity index (χ1) is 25.5. The molecule has 1 N–H and O–H groups in total. The van der Waals surface area contributed by atoms with Crippen LogP contribution in [0.5, 0.6) is 0 Å². The maximum Gasteiger partial charge on any atom is 0.150 e. The summed E-state index contributed by atoms with van der Waals surface area (Å²) in [6, 6.07) is 17.2. The van der Waals surface area contributed by atoms with Gasteiger partial charge in [-0.05, 0) is 155 Å². The molecule has 4 aromatic heterocycles. The third-order valence-electron chi connectivity index (χ3n) is 11.4. The molecule has 8 rings (SSSR count). The highest BCUT2D eigenvalue weighted by Gasteiger charge is 2.11. The Morgan fingerprint density at radius 3 is 1.13 bits per heavy atom. The molecule has 0 aliphatic rings. The predicted octanol–water partition coefficient (Wildman–Crippen LogP) is 11.7. The average Bonchev–Trinajstić information content (AvgIpc) is 3.91. The summed E-state index contributed by atoms with van der Waals surface area (Å²) in [5.74, 6) is 0. The number of rotatable bonds is 2. The molecule has 0 saturated heterocycles. The lowest BCUT2D eigenvalue weighted by molar-refractivity contribution is 0.112. The van der Waals surface area contributed by atoms with Gasteiger partial charge in [0, 0.05) is 80.1 Å². The molecule has 0 spiro atoms. The van der Waals surface area contributed by atoms with Crippen molar-refractivity contribution in [1.29, 1.82) is 0 Å². The van der Waals surface area contributed by atoms with Gasteiger partial charge >= 0.3 is 0 Å². The Kier molecular flexibility index (Phi) is 13.1. The molecule has 55 heavy (non-hydrogen) atoms. The molecule has 8 aromatic rings. The minimum absolute atomic E-state index is 0. The minimum Gasteiger partial charge on any atom is -0.392 e. The fraction of sp³-hybridized carbons (Fsp3) is 0.327. The highest BCUT2D eigenvalue weighted by atomic mass is 16.3. The number of fused-ring (bicyclic) bond motifs is 4. The fourth-order valence-corrected chi connectivity index (χ4v) is 8.25. The number of aliphatic hydroxyl groups excluding tert-OH is 1. The lowest BCUT2D eigenvalue weighted by Crippen LogP contribution is -1.94. The topological polar surface area (TPSA) is 57.0 Å². The molecule has 6 heteroatoms. The summed E-state index contributed by atoms with van der Waals surface area (Å²) in [5, 5.41) is 14.3. The largest absolute Gasteiger partial charge is 0.392 e. The second-order valence-electron chi connectivity index (χ2n) is 15.2. The van der Waals surface area contributed by atoms with Crippen LogP contribution in [-0.4, -0.2) is 29.7 Å². The quantitative estimate of drug-likeness (QED) is 0.180. The number of carbonyl (C=O) groups is 1. The maximum atomic E-state index is 11.0. The number of aromatic nitrogens is 4. The predicted molar refractivity (Wildman–Crippen MR) is 237 cm³/mol. The smallest absolute Gasteiger partial charge is 0.150 e. The van der Waals surface area contributed by atoms with Gasteiger partial charge in [-0.3, -0.25) is 4.79 Å². The van der Waals surface area contributed by atoms with Gasteiger partial charge in [-0.1, -0.05) is 31.7 Å². The molecule has 0 unspecified atom stereocenters. The van der Waals surface area contributed by atoms with Crippen molar-refractivity contribution in [3.05, 3.63) is 140 Å². The van der Waals surface area contributed by atoms with Crippen LogP contribution < -0.4 is 0 Å². The van der Waals surface area contributed by atoms with E-state index in [2.05, 4.69) is 156 Å². The van der Waals surface area contributed by atoms with Gasteiger partial charge in [-0.25, -0.2) is 0 Å². The summed E-state index contributed by atoms with van der Waals surface area (Å²) < 4.78 is 8.56. The van der Waals surface area contributed by atoms with Gasteiger partial charge in [0.05, 0.1) is 28.7 Å². The first kappa shape index (κ1) is 42.4. The zero-order valence-electron chi connectivity index (χ0n) is 34.9. The van der Waals surface area contributed by atoms with Crippen molar-refractivity contribution in [1.82, 2.24) is 18.3 Å². The first-order valence-electron chi connectivity index (χ1n) is 18.7. The van der Waals surface area contributed by atoms with Crippen LogP contribution in [0.3, 0.4) is 0 Å². The van der Waals surface area contributed by atoms with E-state index < -0.39 is 0 Å². The summed E-state index contributed by atoms with van der Waals surface area (Å²) in [5.41, 5.74) is 20.0. The van der Waals surface area contributed by atoms with E-state index in [-0.39, 0.29) is 14.0 Å². The van der Waals surface area contributed by atoms with E-state index in [1.165, 1.54) is 82.8 Å². The summed E-state index contributed by atoms with van der Waals surface area (Å²) in [6.07, 6.45) is 9.25. The van der Waals surface area contributed by atoms with Crippen LogP contribution in [0.4, 0.5) is 0 Å². The van der Waals surface area contributed by atoms with Gasteiger partial charge in [-0.2, -0.15) is 0 Å². The van der Waals surface area contributed by atoms with E-state index in [1.54, 1.807) is 0 Å². The molecule has 6 nitrogen and oxygen atoms in total. The fourth-order valence-electron chi connectivity index (χ4n) is 8.25. The van der Waals surface area contributed by atoms with E-state index in [9.17, 15) is 9.90 Å². The normalized spacial score (nSPS) is 10.8. The van der Waals surface area contributed by atoms with Gasteiger partial charge in [0.15, 0.2) is 6.29 Å². The molecule has 4 aromatic carbocycles. The Bertz CT molecular complexity index is 2570. The Morgan fingerprint density at radius 2 is 0.764 bits per heavy atom. The van der Waals surface area contributed by atoms with Crippen LogP contribution in [0.1, 0.15) is 79.0 Å². The molecular formula is C49H62N4O2. The van der Waals surface area contributed by atoms with Crippen molar-refractivity contribution in [2.45, 2.75) is 83.3 Å². The highest BCUT2D eigenvalue weighted by molar-refractivity contribution is 6.00. The lowest BCUT2D eigenvalue weighted by Gasteiger charge is -2.08. The average molecular weight is 739 g/mol. The summed E-state index contributed by atoms with van der Waals surface area (Å²) in [6.45, 7) is 21.4. The van der Waals surface area contributed by atoms with E-state index in [1.807, 2.05) is 33.3 Å². The van der Waals surface area contributed by atoms with Gasteiger partial charge in [0.2, 0.25) is 0 Å². The molecule has 0 bridgehead atoms. The van der Waals surface area contributed by atoms with Crippen molar-refractivity contribution in [2.75, 3.05) is 0 Å². The summed E-state index contributed by atoms with van der Waals surface area (Å²) in [7, 11) is 8.25. The Morgan fingerprint density at radius 1 is 0.455 bits per heavy atom. The second-order valence-corrected chi connectivity index (χ2v) is 15.2. The molecule has 0 aliphatic heterocycles. The van der Waals surface area contributed by atoms with E-state index in [0.29, 0.717) is 0 Å². The van der Waals surface area contributed by atoms with Crippen LogP contribution in [0.25, 0.3) is 43.6 Å². The molecule has 290 valence electrons. The van der Waals surface area contributed by atoms with Crippen molar-refractivity contribution in [3.8, 4) is 0 Å². The van der Waals surface area contributed by atoms with Crippen LogP contribution in [0.2, 0.25) is 0 Å². The maximum absolute atomic E-state index is 11.0. The zero-order valence-corrected chi connectivity index (χ0v) is 34.9. The molecule has 0 amide bonds. The van der Waals surface area contributed by atoms with Gasteiger partial charge in [-0.15, -0.1) is 0 Å². The summed E-state index contributed by atoms with van der Waals surface area (Å²) in [4.78, 5) is 11.0. The van der Waals surface area contributed by atoms with Gasteiger partial charge in [0.25, 0.3) is 0 Å². The number of benzene rings is 4. The van der Waals surface area contributed by atoms with Crippen LogP contribution >= 0.6 is 0 Å². The van der Waals surface area contributed by atoms with Crippen molar-refractivity contribution in [3.63, 3.8) is 0 Å². The Hall–Kier alpha value is -5.33. The van der Waals surface area contributed by atoms with Crippen molar-refractivity contribution < 1.29 is 9.90 Å². The summed E-state index contributed by atoms with van der Waals surface area (Å²) >= 11 is 0. The third-order valence-corrected chi connectivity index (χ3v) is 11.4. The third kappa shape index (κ3) is 8.06. The number of hydrogen-bond donors (Lipinski definition) is 1. The number of aryl methyl sites for hydroxylation is 14. The molecule has 0 radical (unpaired) electrons. The van der Waals surface area contributed by atoms with Crippen molar-refractivity contribution >= 4 is 49.9 Å². The highest BCUT2D eigenvalue weighted by Crippen LogP contribution is 2.28. The second kappa shape index (κ2) is 17.0. The van der Waals surface area contributed by atoms with Crippen molar-refractivity contribution in [2.24, 2.45) is 28.2 Å². The van der Waals surface area contributed by atoms with E-state index in [0.717, 1.165) is 33.9 Å². The number of aliphatic hydroxyl groups is 1. The molecule has 0 aliphatic carbocycles. The minimum atomic E-state index is 0. The number of hydrogen-bond acceptors (Lipinski definition) is 2. The molecule has 4 heterocycles. The van der Waals surface area contributed by atoms with Crippen LogP contribution in [0, 0.1) is 69.2 Å². The Labute approximate surface area is 328 Å². The van der Waals surface area contributed by atoms with Crippen LogP contribution in [0.15, 0.2) is 73.3 Å². The lowest BCUT2D eigenvalue weighted by atomic mass is 10.0.